The monoisotopic (exact) mass is 1140 g/mol. The normalized spacial score (nSPS) is 46.3. The van der Waals surface area contributed by atoms with E-state index in [2.05, 4.69) is 0 Å². The summed E-state index contributed by atoms with van der Waals surface area (Å²) in [5, 5.41) is 81.1. The summed E-state index contributed by atoms with van der Waals surface area (Å²) in [6, 6.07) is 0. The minimum Gasteiger partial charge on any atom is -0.392 e. The van der Waals surface area contributed by atoms with Crippen LogP contribution in [0, 0.1) is 23.7 Å². The lowest BCUT2D eigenvalue weighted by Crippen LogP contribution is -2.65. The minimum absolute atomic E-state index is 0.00700. The molecule has 460 valence electrons. The van der Waals surface area contributed by atoms with E-state index in [0.29, 0.717) is 12.0 Å². The second kappa shape index (κ2) is 30.6. The van der Waals surface area contributed by atoms with E-state index >= 15 is 0 Å². The van der Waals surface area contributed by atoms with Crippen molar-refractivity contribution in [3.8, 4) is 0 Å². The number of carbonyl (C=O) groups is 1. The van der Waals surface area contributed by atoms with E-state index in [9.17, 15) is 40.5 Å². The molecular weight excluding hydrogens is 1040 g/mol. The fourth-order valence-corrected chi connectivity index (χ4v) is 12.4. The summed E-state index contributed by atoms with van der Waals surface area (Å²) in [5.74, 6) is -4.97. The van der Waals surface area contributed by atoms with E-state index in [1.807, 2.05) is 65.0 Å². The zero-order valence-electron chi connectivity index (χ0n) is 50.3. The maximum Gasteiger partial charge on any atom is 0.197 e. The van der Waals surface area contributed by atoms with Gasteiger partial charge in [-0.05, 0) is 80.2 Å². The van der Waals surface area contributed by atoms with E-state index in [-0.39, 0.29) is 56.8 Å². The van der Waals surface area contributed by atoms with E-state index in [1.165, 1.54) is 35.5 Å². The first-order valence-electron chi connectivity index (χ1n) is 28.6. The van der Waals surface area contributed by atoms with Gasteiger partial charge in [0.25, 0.3) is 0 Å². The van der Waals surface area contributed by atoms with Crippen LogP contribution in [0.1, 0.15) is 121 Å². The highest BCUT2D eigenvalue weighted by atomic mass is 16.7. The van der Waals surface area contributed by atoms with Crippen LogP contribution < -0.4 is 0 Å². The van der Waals surface area contributed by atoms with Crippen molar-refractivity contribution in [2.45, 2.75) is 249 Å². The first kappa shape index (κ1) is 68.4. The average molecular weight is 1140 g/mol. The Morgan fingerprint density at radius 1 is 0.738 bits per heavy atom. The second-order valence-electron chi connectivity index (χ2n) is 23.6. The van der Waals surface area contributed by atoms with Crippen molar-refractivity contribution in [3.63, 3.8) is 0 Å². The van der Waals surface area contributed by atoms with Crippen LogP contribution in [0.15, 0.2) is 58.7 Å². The van der Waals surface area contributed by atoms with E-state index < -0.39 is 146 Å². The quantitative estimate of drug-likeness (QED) is 0.108. The standard InChI is InChI=1S/C60H100O20/c1-31-18-17-19-43(61)47(70-13)26-41(25-44(62)34(4)23-32(2)22-33(3)24-35(5)45(21-20-31)78-58-54(66)53(65)55(72-15)39(9)76-58)57(73-16)60(68)37(7)51(63)36(6)46(80-60)27-42(30-69-12)77-50-29-59(11,67)56(40(10)75-50)79-49-28-48(71-14)52(64)38(8)74-49/h18,20-24,35-43,45-58,61,63-68H,17,19,25-30H2,1-16H3/b21-20+,31-18+,32-22+,33-24+,34-23+/t35-,36+,37-,38-,39+,40+,41?,42-,43+,45-,46?,47+,48-,49+,50+,51+,52-,53+,54+,55+,56+,57-,58+,59+,60-/m1/s1. The predicted octanol–water partition coefficient (Wildman–Crippen LogP) is 4.91. The Morgan fingerprint density at radius 2 is 1.41 bits per heavy atom. The van der Waals surface area contributed by atoms with Crippen molar-refractivity contribution in [2.75, 3.05) is 42.2 Å². The third-order valence-electron chi connectivity index (χ3n) is 17.1. The van der Waals surface area contributed by atoms with Crippen molar-refractivity contribution >= 4 is 5.78 Å². The van der Waals surface area contributed by atoms with Crippen LogP contribution in [0.5, 0.6) is 0 Å². The molecule has 4 aliphatic heterocycles. The molecule has 4 fully saturated rings. The lowest BCUT2D eigenvalue weighted by molar-refractivity contribution is -0.366. The van der Waals surface area contributed by atoms with Crippen molar-refractivity contribution in [1.29, 1.82) is 0 Å². The number of rotatable bonds is 16. The van der Waals surface area contributed by atoms with Gasteiger partial charge in [0.15, 0.2) is 30.4 Å². The molecule has 0 bridgehead atoms. The number of ketones is 1. The fraction of sp³-hybridized carbons (Fsp3) is 0.817. The lowest BCUT2D eigenvalue weighted by atomic mass is 9.73. The van der Waals surface area contributed by atoms with Crippen molar-refractivity contribution in [1.82, 2.24) is 0 Å². The number of ether oxygens (including phenoxy) is 12. The maximum atomic E-state index is 14.5. The van der Waals surface area contributed by atoms with Crippen molar-refractivity contribution in [2.24, 2.45) is 23.7 Å². The molecule has 0 aromatic carbocycles. The lowest BCUT2D eigenvalue weighted by Gasteiger charge is -2.52. The van der Waals surface area contributed by atoms with Crippen LogP contribution in [0.2, 0.25) is 0 Å². The van der Waals surface area contributed by atoms with E-state index in [0.717, 1.165) is 16.7 Å². The van der Waals surface area contributed by atoms with Crippen LogP contribution in [0.4, 0.5) is 0 Å². The number of hydrogen-bond donors (Lipinski definition) is 7. The Labute approximate surface area is 475 Å². The Balaban J connectivity index is 1.39. The van der Waals surface area contributed by atoms with Gasteiger partial charge in [0.2, 0.25) is 0 Å². The predicted molar refractivity (Wildman–Crippen MR) is 296 cm³/mol. The van der Waals surface area contributed by atoms with Gasteiger partial charge >= 0.3 is 0 Å². The van der Waals surface area contributed by atoms with E-state index in [1.54, 1.807) is 47.6 Å². The molecule has 5 aliphatic rings. The van der Waals surface area contributed by atoms with E-state index in [4.69, 9.17) is 56.8 Å². The van der Waals surface area contributed by atoms with Gasteiger partial charge in [-0.25, -0.2) is 0 Å². The van der Waals surface area contributed by atoms with Gasteiger partial charge in [-0.2, -0.15) is 0 Å². The number of methoxy groups -OCH3 is 5. The molecule has 0 radical (unpaired) electrons. The van der Waals surface area contributed by atoms with Gasteiger partial charge < -0.3 is 92.6 Å². The highest BCUT2D eigenvalue weighted by Crippen LogP contribution is 2.45. The number of aliphatic hydroxyl groups excluding tert-OH is 5. The van der Waals surface area contributed by atoms with Gasteiger partial charge in [0.1, 0.15) is 36.6 Å². The maximum absolute atomic E-state index is 14.5. The molecule has 0 amide bonds. The summed E-state index contributed by atoms with van der Waals surface area (Å²) in [5.41, 5.74) is 1.52. The number of Topliss-reactive ketones (excluding diaryl/α,β-unsaturated/α-hetero) is 1. The molecule has 0 aromatic heterocycles. The van der Waals surface area contributed by atoms with Gasteiger partial charge in [-0.1, -0.05) is 73.9 Å². The number of carbonyl (C=O) groups excluding carboxylic acids is 1. The Bertz CT molecular complexity index is 2090. The largest absolute Gasteiger partial charge is 0.392 e. The molecule has 1 aliphatic carbocycles. The van der Waals surface area contributed by atoms with Gasteiger partial charge in [0, 0.05) is 84.9 Å². The summed E-state index contributed by atoms with van der Waals surface area (Å²) in [4.78, 5) is 14.5. The number of aliphatic hydroxyl groups is 7. The molecule has 2 unspecified atom stereocenters. The molecule has 7 N–H and O–H groups in total. The molecule has 25 atom stereocenters. The summed E-state index contributed by atoms with van der Waals surface area (Å²) in [6.45, 7) is 19.9. The fourth-order valence-electron chi connectivity index (χ4n) is 12.4. The highest BCUT2D eigenvalue weighted by molar-refractivity contribution is 5.95. The molecular formula is C60H100O20. The second-order valence-corrected chi connectivity index (χ2v) is 23.6. The molecule has 0 aromatic rings. The van der Waals surface area contributed by atoms with Gasteiger partial charge in [0.05, 0.1) is 73.2 Å². The van der Waals surface area contributed by atoms with Crippen LogP contribution >= 0.6 is 0 Å². The molecule has 0 saturated carbocycles. The minimum atomic E-state index is -2.18. The Kier molecular flexibility index (Phi) is 26.2. The molecule has 20 heteroatoms. The SMILES string of the molecule is COC[C@@H](CC1O[C@@](O)([C@H](OC)C2CC(=O)/C(C)=C/C(C)=C/C(C)=C/[C@@H](C)[C@H](O[C@@H]3O[C@@H](C)[C@H](OC)[C@@H](O)[C@@H]3O)/C=C/C(C)=C/CC[C@H](O)[C@@H](OC)C2)[C@H](C)[C@@H](O)[C@H]1C)O[C@H]1C[C@](C)(O)[C@@H](O[C@H]2C[C@@H](OC)[C@H](O)[C@@H](C)O2)[C@H](C)O1. The average Bonchev–Trinajstić information content (AvgIpc) is 3.42. The van der Waals surface area contributed by atoms with Crippen LogP contribution in [0.3, 0.4) is 0 Å². The summed E-state index contributed by atoms with van der Waals surface area (Å²) >= 11 is 0. The van der Waals surface area contributed by atoms with Gasteiger partial charge in [-0.3, -0.25) is 4.79 Å². The first-order valence-corrected chi connectivity index (χ1v) is 28.6. The van der Waals surface area contributed by atoms with Crippen molar-refractivity contribution < 1.29 is 97.4 Å². The zero-order chi connectivity index (χ0) is 59.6. The Hall–Kier alpha value is -2.39. The zero-order valence-corrected chi connectivity index (χ0v) is 50.3. The topological polar surface area (TPSA) is 269 Å². The number of hydrogen-bond acceptors (Lipinski definition) is 20. The highest BCUT2D eigenvalue weighted by Gasteiger charge is 2.57. The number of allylic oxidation sites excluding steroid dienone is 8. The molecule has 4 saturated heterocycles. The third-order valence-corrected chi connectivity index (χ3v) is 17.1. The molecule has 5 rings (SSSR count). The van der Waals surface area contributed by atoms with Gasteiger partial charge in [-0.15, -0.1) is 0 Å². The smallest absolute Gasteiger partial charge is 0.197 e. The van der Waals surface area contributed by atoms with Crippen LogP contribution in [-0.4, -0.2) is 212 Å². The van der Waals surface area contributed by atoms with Crippen LogP contribution in [0.25, 0.3) is 0 Å². The summed E-state index contributed by atoms with van der Waals surface area (Å²) in [7, 11) is 7.39. The molecule has 20 nitrogen and oxygen atoms in total. The molecule has 0 spiro atoms. The van der Waals surface area contributed by atoms with Crippen molar-refractivity contribution in [3.05, 3.63) is 58.7 Å². The van der Waals surface area contributed by atoms with Crippen LogP contribution in [-0.2, 0) is 61.6 Å². The third kappa shape index (κ3) is 17.4. The summed E-state index contributed by atoms with van der Waals surface area (Å²) < 4.78 is 73.0. The summed E-state index contributed by atoms with van der Waals surface area (Å²) in [6.07, 6.45) is -3.98. The Morgan fingerprint density at radius 3 is 2.04 bits per heavy atom. The molecule has 4 heterocycles. The molecule has 80 heavy (non-hydrogen) atoms. The first-order chi connectivity index (χ1) is 37.6.